The number of rotatable bonds is 7. The predicted octanol–water partition coefficient (Wildman–Crippen LogP) is 3.66. The maximum absolute atomic E-state index is 13.8. The van der Waals surface area contributed by atoms with Crippen LogP contribution in [-0.4, -0.2) is 27.1 Å². The molecular weight excluding hydrogens is 395 g/mol. The molecular formula is C18H16ClFN2O4S. The second-order valence-electron chi connectivity index (χ2n) is 5.60. The average molecular weight is 411 g/mol. The van der Waals surface area contributed by atoms with E-state index in [9.17, 15) is 12.8 Å². The molecule has 0 bridgehead atoms. The van der Waals surface area contributed by atoms with Crippen molar-refractivity contribution in [3.8, 4) is 17.2 Å². The quantitative estimate of drug-likeness (QED) is 0.642. The van der Waals surface area contributed by atoms with Crippen molar-refractivity contribution in [1.29, 1.82) is 0 Å². The van der Waals surface area contributed by atoms with E-state index in [1.165, 1.54) is 12.3 Å². The van der Waals surface area contributed by atoms with Crippen molar-refractivity contribution < 1.29 is 22.0 Å². The molecule has 0 saturated heterocycles. The third-order valence-corrected chi connectivity index (χ3v) is 5.47. The molecule has 1 N–H and O–H groups in total. The Bertz CT molecular complexity index is 1040. The van der Waals surface area contributed by atoms with Gasteiger partial charge in [0.05, 0.1) is 12.8 Å². The van der Waals surface area contributed by atoms with Crippen LogP contribution in [0, 0.1) is 5.82 Å². The predicted molar refractivity (Wildman–Crippen MR) is 98.8 cm³/mol. The van der Waals surface area contributed by atoms with E-state index in [-0.39, 0.29) is 18.0 Å². The molecule has 0 atom stereocenters. The number of nitrogens with one attached hydrogen (secondary N) is 1. The lowest BCUT2D eigenvalue weighted by Crippen LogP contribution is -2.26. The number of methoxy groups -OCH3 is 1. The Labute approximate surface area is 161 Å². The van der Waals surface area contributed by atoms with E-state index >= 15 is 0 Å². The van der Waals surface area contributed by atoms with Crippen LogP contribution in [0.1, 0.15) is 5.69 Å². The summed E-state index contributed by atoms with van der Waals surface area (Å²) in [6.45, 7) is 0.0407. The van der Waals surface area contributed by atoms with Crippen LogP contribution in [0.5, 0.6) is 5.75 Å². The molecule has 3 aromatic rings. The maximum atomic E-state index is 13.8. The van der Waals surface area contributed by atoms with E-state index in [0.717, 1.165) is 23.4 Å². The summed E-state index contributed by atoms with van der Waals surface area (Å²) in [7, 11) is -2.41. The van der Waals surface area contributed by atoms with E-state index in [1.54, 1.807) is 31.4 Å². The Balaban J connectivity index is 1.63. The first kappa shape index (κ1) is 19.3. The van der Waals surface area contributed by atoms with Crippen LogP contribution >= 0.6 is 11.6 Å². The lowest BCUT2D eigenvalue weighted by Gasteiger charge is -2.07. The normalized spacial score (nSPS) is 11.5. The zero-order valence-electron chi connectivity index (χ0n) is 14.3. The highest BCUT2D eigenvalue weighted by Gasteiger charge is 2.19. The fraction of sp³-hybridized carbons (Fsp3) is 0.167. The second-order valence-corrected chi connectivity index (χ2v) is 7.77. The number of sulfonamides is 1. The smallest absolute Gasteiger partial charge is 0.243 e. The lowest BCUT2D eigenvalue weighted by molar-refractivity contribution is 0.415. The van der Waals surface area contributed by atoms with Crippen LogP contribution in [0.15, 0.2) is 58.0 Å². The molecule has 0 aliphatic rings. The van der Waals surface area contributed by atoms with Crippen LogP contribution in [0.4, 0.5) is 4.39 Å². The van der Waals surface area contributed by atoms with E-state index in [1.807, 2.05) is 0 Å². The monoisotopic (exact) mass is 410 g/mol. The van der Waals surface area contributed by atoms with Crippen molar-refractivity contribution in [2.45, 2.75) is 11.3 Å². The van der Waals surface area contributed by atoms with Gasteiger partial charge in [0.25, 0.3) is 0 Å². The first-order chi connectivity index (χ1) is 12.9. The molecule has 0 radical (unpaired) electrons. The van der Waals surface area contributed by atoms with Crippen LogP contribution in [0.25, 0.3) is 11.5 Å². The average Bonchev–Trinajstić information content (AvgIpc) is 3.10. The molecule has 6 nitrogen and oxygen atoms in total. The number of nitrogens with zero attached hydrogens (tertiary/aromatic N) is 1. The van der Waals surface area contributed by atoms with Crippen LogP contribution in [-0.2, 0) is 16.4 Å². The van der Waals surface area contributed by atoms with E-state index in [0.29, 0.717) is 11.6 Å². The fourth-order valence-electron chi connectivity index (χ4n) is 2.37. The second kappa shape index (κ2) is 8.08. The minimum atomic E-state index is -3.99. The standard InChI is InChI=1S/C18H16ClFN2O4S/c1-25-15-5-2-12(3-6-15)18-22-14(11-26-18)8-9-21-27(23,24)17-7-4-13(19)10-16(17)20/h2-7,10-11,21H,8-9H2,1H3. The summed E-state index contributed by atoms with van der Waals surface area (Å²) in [6.07, 6.45) is 1.74. The van der Waals surface area contributed by atoms with Crippen molar-refractivity contribution in [3.05, 3.63) is 65.3 Å². The summed E-state index contributed by atoms with van der Waals surface area (Å²) >= 11 is 5.64. The Morgan fingerprint density at radius 3 is 2.63 bits per heavy atom. The van der Waals surface area contributed by atoms with Crippen molar-refractivity contribution in [3.63, 3.8) is 0 Å². The lowest BCUT2D eigenvalue weighted by atomic mass is 10.2. The molecule has 0 amide bonds. The van der Waals surface area contributed by atoms with Crippen molar-refractivity contribution >= 4 is 21.6 Å². The van der Waals surface area contributed by atoms with Gasteiger partial charge in [-0.05, 0) is 42.5 Å². The Hall–Kier alpha value is -2.42. The molecule has 9 heteroatoms. The Morgan fingerprint density at radius 2 is 1.96 bits per heavy atom. The van der Waals surface area contributed by atoms with Crippen molar-refractivity contribution in [2.75, 3.05) is 13.7 Å². The molecule has 0 aliphatic heterocycles. The Kier molecular flexibility index (Phi) is 5.79. The molecule has 0 aliphatic carbocycles. The number of benzene rings is 2. The number of aromatic nitrogens is 1. The zero-order valence-corrected chi connectivity index (χ0v) is 15.8. The molecule has 0 unspecified atom stereocenters. The minimum Gasteiger partial charge on any atom is -0.497 e. The van der Waals surface area contributed by atoms with E-state index in [2.05, 4.69) is 9.71 Å². The third-order valence-electron chi connectivity index (χ3n) is 3.75. The van der Waals surface area contributed by atoms with Gasteiger partial charge in [-0.1, -0.05) is 11.6 Å². The number of hydrogen-bond acceptors (Lipinski definition) is 5. The van der Waals surface area contributed by atoms with Crippen molar-refractivity contribution in [2.24, 2.45) is 0 Å². The summed E-state index contributed by atoms with van der Waals surface area (Å²) in [5.41, 5.74) is 1.34. The highest BCUT2D eigenvalue weighted by Crippen LogP contribution is 2.22. The molecule has 0 fully saturated rings. The molecule has 1 aromatic heterocycles. The van der Waals surface area contributed by atoms with Gasteiger partial charge in [0.2, 0.25) is 15.9 Å². The molecule has 0 spiro atoms. The van der Waals surface area contributed by atoms with Gasteiger partial charge < -0.3 is 9.15 Å². The first-order valence-electron chi connectivity index (χ1n) is 7.92. The van der Waals surface area contributed by atoms with Gasteiger partial charge in [0.1, 0.15) is 22.7 Å². The van der Waals surface area contributed by atoms with Crippen molar-refractivity contribution in [1.82, 2.24) is 9.71 Å². The Morgan fingerprint density at radius 1 is 1.22 bits per heavy atom. The molecule has 0 saturated carbocycles. The summed E-state index contributed by atoms with van der Waals surface area (Å²) in [4.78, 5) is 3.87. The SMILES string of the molecule is COc1ccc(-c2nc(CCNS(=O)(=O)c3ccc(Cl)cc3F)co2)cc1. The van der Waals surface area contributed by atoms with Crippen LogP contribution < -0.4 is 9.46 Å². The molecule has 27 heavy (non-hydrogen) atoms. The number of ether oxygens (including phenoxy) is 1. The van der Waals surface area contributed by atoms with E-state index in [4.69, 9.17) is 20.8 Å². The first-order valence-corrected chi connectivity index (χ1v) is 9.79. The summed E-state index contributed by atoms with van der Waals surface area (Å²) in [5, 5.41) is 0.125. The molecule has 1 heterocycles. The van der Waals surface area contributed by atoms with Gasteiger partial charge in [-0.3, -0.25) is 0 Å². The van der Waals surface area contributed by atoms with E-state index < -0.39 is 20.7 Å². The minimum absolute atomic E-state index is 0.0407. The number of hydrogen-bond donors (Lipinski definition) is 1. The summed E-state index contributed by atoms with van der Waals surface area (Å²) < 4.78 is 51.0. The number of halogens is 2. The van der Waals surface area contributed by atoms with Gasteiger partial charge in [-0.25, -0.2) is 22.5 Å². The largest absolute Gasteiger partial charge is 0.497 e. The maximum Gasteiger partial charge on any atom is 0.243 e. The summed E-state index contributed by atoms with van der Waals surface area (Å²) in [5.74, 6) is 0.229. The highest BCUT2D eigenvalue weighted by atomic mass is 35.5. The molecule has 2 aromatic carbocycles. The number of oxazole rings is 1. The summed E-state index contributed by atoms with van der Waals surface area (Å²) in [6, 6.07) is 10.6. The van der Waals surface area contributed by atoms with Gasteiger partial charge in [-0.15, -0.1) is 0 Å². The van der Waals surface area contributed by atoms with Gasteiger partial charge in [-0.2, -0.15) is 0 Å². The third kappa shape index (κ3) is 4.65. The molecule has 3 rings (SSSR count). The van der Waals surface area contributed by atoms with Gasteiger partial charge in [0.15, 0.2) is 0 Å². The molecule has 142 valence electrons. The van der Waals surface area contributed by atoms with Gasteiger partial charge in [0, 0.05) is 23.6 Å². The fourth-order valence-corrected chi connectivity index (χ4v) is 3.62. The zero-order chi connectivity index (χ0) is 19.4. The van der Waals surface area contributed by atoms with Crippen LogP contribution in [0.2, 0.25) is 5.02 Å². The van der Waals surface area contributed by atoms with Gasteiger partial charge >= 0.3 is 0 Å². The topological polar surface area (TPSA) is 81.4 Å². The highest BCUT2D eigenvalue weighted by molar-refractivity contribution is 7.89. The van der Waals surface area contributed by atoms with Crippen LogP contribution in [0.3, 0.4) is 0 Å².